The molecule has 0 fully saturated rings. The molecule has 672 valence electrons. The lowest BCUT2D eigenvalue weighted by Crippen LogP contribution is -1.87. The summed E-state index contributed by atoms with van der Waals surface area (Å²) < 4.78 is 0. The summed E-state index contributed by atoms with van der Waals surface area (Å²) in [5.41, 5.74) is 4.02. The summed E-state index contributed by atoms with van der Waals surface area (Å²) in [6, 6.07) is 142. The molecule has 0 N–H and O–H groups in total. The summed E-state index contributed by atoms with van der Waals surface area (Å²) in [4.78, 5) is 0. The van der Waals surface area contributed by atoms with E-state index in [2.05, 4.69) is 367 Å². The average molecular weight is 1730 g/mol. The maximum Gasteiger partial charge on any atom is 0.0257 e. The quantitative estimate of drug-likeness (QED) is 0.0334. The molecular weight excluding hydrogens is 1590 g/mol. The molecule has 0 radical (unpaired) electrons. The maximum atomic E-state index is 3.64. The summed E-state index contributed by atoms with van der Waals surface area (Å²) in [6.07, 6.45) is 59.9. The van der Waals surface area contributed by atoms with Gasteiger partial charge in [-0.15, -0.1) is 0 Å². The molecule has 0 atom stereocenters. The molecule has 0 heterocycles. The zero-order valence-corrected chi connectivity index (χ0v) is 80.3. The second-order valence-electron chi connectivity index (χ2n) is 37.5. The van der Waals surface area contributed by atoms with Gasteiger partial charge in [0, 0.05) is 64.6 Å². The van der Waals surface area contributed by atoms with Crippen LogP contribution in [0, 0.1) is 72.8 Å². The van der Waals surface area contributed by atoms with Gasteiger partial charge >= 0.3 is 0 Å². The van der Waals surface area contributed by atoms with Gasteiger partial charge in [-0.05, 0) is 265 Å². The molecule has 19 aromatic carbocycles. The Balaban J connectivity index is 0.802. The fraction of sp³-hybridized carbons (Fsp3) is 0.364. The number of hydrogen-bond acceptors (Lipinski definition) is 0. The maximum absolute atomic E-state index is 3.64. The molecule has 0 heteroatoms. The van der Waals surface area contributed by atoms with E-state index >= 15 is 0 Å². The van der Waals surface area contributed by atoms with Crippen LogP contribution in [0.15, 0.2) is 273 Å². The van der Waals surface area contributed by atoms with Crippen LogP contribution in [0.1, 0.15) is 307 Å². The van der Waals surface area contributed by atoms with Crippen molar-refractivity contribution >= 4 is 129 Å². The van der Waals surface area contributed by atoms with Crippen molar-refractivity contribution in [2.45, 2.75) is 310 Å². The van der Waals surface area contributed by atoms with Crippen molar-refractivity contribution in [2.75, 3.05) is 0 Å². The van der Waals surface area contributed by atoms with Crippen LogP contribution in [0.4, 0.5) is 0 Å². The minimum absolute atomic E-state index is 0.975. The third kappa shape index (κ3) is 34.6. The van der Waals surface area contributed by atoms with E-state index in [0.29, 0.717) is 0 Å². The van der Waals surface area contributed by atoms with Gasteiger partial charge in [0.25, 0.3) is 0 Å². The van der Waals surface area contributed by atoms with Crippen molar-refractivity contribution in [2.24, 2.45) is 0 Å². The van der Waals surface area contributed by atoms with Gasteiger partial charge in [-0.3, -0.25) is 0 Å². The standard InChI is InChI=1S/C132H144/c1-4-7-10-13-16-19-22-25-28-31-34-37-40-43-49-115-94-118-67-64-112-52-46-55-127(97-112)121-82-70-107(71-83-121)59-62-110-78-90-125(91-79-110)131-101-117(51-45-42-39-36-33-30-27-24-21-18-15-12-9-6-3)96-120(105-131)69-66-114-54-48-57-129(99-114)123-86-74-108(75-87-123)60-63-111-80-92-126(93-81-111)132-102-116(50-44-41-38-35-32-29-26-23-20-17-14-11-8-5-2)95-119(104-132)68-65-113-53-47-56-128(98-113)122-84-72-106(73-85-122)58-61-109-76-88-124(89-77-109)130(100-115)103-118/h46-48,52-57,70-105H,4-45,49-51H2,1-3H3. The second kappa shape index (κ2) is 56.7. The van der Waals surface area contributed by atoms with Crippen molar-refractivity contribution in [1.82, 2.24) is 0 Å². The number of fused-ring (bicyclic) bond motifs is 6. The molecule has 0 aromatic heterocycles. The van der Waals surface area contributed by atoms with E-state index in [1.165, 1.54) is 319 Å². The fourth-order valence-electron chi connectivity index (χ4n) is 18.5. The molecule has 132 heavy (non-hydrogen) atoms. The lowest BCUT2D eigenvalue weighted by molar-refractivity contribution is 0.535. The molecule has 0 aliphatic rings. The summed E-state index contributed by atoms with van der Waals surface area (Å²) in [7, 11) is 0. The van der Waals surface area contributed by atoms with Crippen molar-refractivity contribution in [3.8, 4) is 0 Å². The zero-order chi connectivity index (χ0) is 90.7. The predicted molar refractivity (Wildman–Crippen MR) is 577 cm³/mol. The molecule has 0 saturated carbocycles. The highest BCUT2D eigenvalue weighted by Gasteiger charge is 2.07. The first-order chi connectivity index (χ1) is 65.3. The Kier molecular flexibility index (Phi) is 41.9. The highest BCUT2D eigenvalue weighted by molar-refractivity contribution is 5.92. The van der Waals surface area contributed by atoms with Gasteiger partial charge < -0.3 is 0 Å². The van der Waals surface area contributed by atoms with Crippen LogP contribution >= 0.6 is 0 Å². The number of aryl methyl sites for hydroxylation is 3. The Hall–Kier alpha value is -12.0. The van der Waals surface area contributed by atoms with E-state index < -0.39 is 0 Å². The smallest absolute Gasteiger partial charge is 0.0257 e. The van der Waals surface area contributed by atoms with Crippen LogP contribution < -0.4 is 0 Å². The number of unbranched alkanes of at least 4 members (excludes halogenated alkanes) is 39. The highest BCUT2D eigenvalue weighted by Crippen LogP contribution is 2.28. The van der Waals surface area contributed by atoms with E-state index in [1.807, 2.05) is 0 Å². The Bertz CT molecular complexity index is 5620. The molecule has 0 aliphatic carbocycles. The monoisotopic (exact) mass is 1730 g/mol. The first-order valence-electron chi connectivity index (χ1n) is 51.8. The van der Waals surface area contributed by atoms with Gasteiger partial charge in [0.05, 0.1) is 0 Å². The topological polar surface area (TPSA) is 0 Å². The van der Waals surface area contributed by atoms with Gasteiger partial charge in [0.15, 0.2) is 0 Å². The molecule has 19 aromatic rings. The van der Waals surface area contributed by atoms with Crippen LogP contribution in [0.5, 0.6) is 0 Å². The van der Waals surface area contributed by atoms with Crippen LogP contribution in [0.3, 0.4) is 0 Å². The molecular formula is C132H144. The Morgan fingerprint density at radius 3 is 0.477 bits per heavy atom. The Morgan fingerprint density at radius 2 is 0.280 bits per heavy atom. The third-order valence-electron chi connectivity index (χ3n) is 26.4. The number of rotatable bonds is 45. The lowest BCUT2D eigenvalue weighted by atomic mass is 10.0. The predicted octanol–water partition coefficient (Wildman–Crippen LogP) is 39.6. The van der Waals surface area contributed by atoms with Gasteiger partial charge in [-0.2, -0.15) is 0 Å². The largest absolute Gasteiger partial charge is 0.0654 e. The van der Waals surface area contributed by atoms with Crippen molar-refractivity contribution in [3.63, 3.8) is 0 Å². The fourth-order valence-corrected chi connectivity index (χ4v) is 18.5. The molecule has 0 spiro atoms. The van der Waals surface area contributed by atoms with Gasteiger partial charge in [-0.1, -0.05) is 471 Å². The molecule has 19 rings (SSSR count). The molecule has 0 amide bonds. The minimum Gasteiger partial charge on any atom is -0.0654 e. The van der Waals surface area contributed by atoms with E-state index in [0.717, 1.165) is 116 Å². The first-order valence-corrected chi connectivity index (χ1v) is 51.8. The van der Waals surface area contributed by atoms with Crippen molar-refractivity contribution in [1.29, 1.82) is 0 Å². The van der Waals surface area contributed by atoms with Gasteiger partial charge in [0.2, 0.25) is 0 Å². The Labute approximate surface area is 795 Å². The van der Waals surface area contributed by atoms with Gasteiger partial charge in [-0.25, -0.2) is 0 Å². The molecule has 0 nitrogen and oxygen atoms in total. The van der Waals surface area contributed by atoms with E-state index in [4.69, 9.17) is 0 Å². The second-order valence-corrected chi connectivity index (χ2v) is 37.5. The third-order valence-corrected chi connectivity index (χ3v) is 26.4. The Morgan fingerprint density at radius 1 is 0.121 bits per heavy atom. The van der Waals surface area contributed by atoms with E-state index in [-0.39, 0.29) is 0 Å². The first kappa shape index (κ1) is 97.5. The van der Waals surface area contributed by atoms with Crippen molar-refractivity contribution in [3.05, 3.63) is 362 Å². The average Bonchev–Trinajstić information content (AvgIpc) is 0.818. The van der Waals surface area contributed by atoms with Crippen LogP contribution in [-0.4, -0.2) is 0 Å². The normalized spacial score (nSPS) is 10.9. The highest BCUT2D eigenvalue weighted by atomic mass is 14.1. The van der Waals surface area contributed by atoms with Crippen LogP contribution in [0.25, 0.3) is 129 Å². The van der Waals surface area contributed by atoms with Crippen molar-refractivity contribution < 1.29 is 0 Å². The molecule has 0 aliphatic heterocycles. The summed E-state index contributed by atoms with van der Waals surface area (Å²) in [5, 5.41) is 25.8. The number of hydrogen-bond donors (Lipinski definition) is 0. The SMILES string of the molecule is CCCCCCCCCCCCCCCCc1cc2c#cc3cccc(c3)c3ccc(c#cc4ccc(cc4)c4cc(CCCCCCCCCCCCCCCC)cc(c#cc5cccc(c5)c5ccc(c#cc6ccc(cc6)c6cc(CCCCCCCCCCCCCCCC)cc(c#cc7cccc(c7)c7ccc(c#cc8ccc(cc8)c(c1)c2)cc7)c6)cc5)c4)cc3. The van der Waals surface area contributed by atoms with E-state index in [9.17, 15) is 0 Å². The zero-order valence-electron chi connectivity index (χ0n) is 80.3. The molecule has 0 saturated heterocycles. The number of benzene rings is 12. The summed E-state index contributed by atoms with van der Waals surface area (Å²) in [6.45, 7) is 6.91. The lowest BCUT2D eigenvalue weighted by Gasteiger charge is -2.05. The molecule has 0 unspecified atom stereocenters. The van der Waals surface area contributed by atoms with E-state index in [1.54, 1.807) is 0 Å². The van der Waals surface area contributed by atoms with Gasteiger partial charge in [0.1, 0.15) is 0 Å². The van der Waals surface area contributed by atoms with Crippen LogP contribution in [-0.2, 0) is 19.3 Å². The summed E-state index contributed by atoms with van der Waals surface area (Å²) >= 11 is 0. The van der Waals surface area contributed by atoms with Crippen LogP contribution in [0.2, 0.25) is 0 Å². The minimum atomic E-state index is 0.975. The molecule has 24 bridgehead atoms. The summed E-state index contributed by atoms with van der Waals surface area (Å²) in [5.74, 6) is 0.